The zero-order valence-electron chi connectivity index (χ0n) is 12.2. The quantitative estimate of drug-likeness (QED) is 0.731. The summed E-state index contributed by atoms with van der Waals surface area (Å²) in [7, 11) is 2.01. The van der Waals surface area contributed by atoms with Crippen LogP contribution in [0.25, 0.3) is 0 Å². The highest BCUT2D eigenvalue weighted by atomic mass is 16.5. The molecule has 114 valence electrons. The Bertz CT molecular complexity index is 757. The van der Waals surface area contributed by atoms with E-state index in [1.54, 1.807) is 12.1 Å². The Labute approximate surface area is 127 Å². The lowest BCUT2D eigenvalue weighted by atomic mass is 9.51. The Morgan fingerprint density at radius 1 is 1.41 bits per heavy atom. The molecule has 0 radical (unpaired) electrons. The van der Waals surface area contributed by atoms with Crippen LogP contribution in [0.4, 0.5) is 0 Å². The van der Waals surface area contributed by atoms with E-state index >= 15 is 0 Å². The number of phenolic OH excluding ortho intramolecular Hbond substituents is 1. The molecule has 2 bridgehead atoms. The van der Waals surface area contributed by atoms with E-state index in [0.29, 0.717) is 18.6 Å². The number of phenols is 1. The molecule has 1 unspecified atom stereocenters. The molecule has 1 fully saturated rings. The maximum absolute atomic E-state index is 12.4. The second kappa shape index (κ2) is 3.55. The third-order valence-electron chi connectivity index (χ3n) is 6.14. The molecule has 4 atom stereocenters. The number of likely N-dealkylation sites (N-methyl/N-ethyl adjacent to an activating group) is 1. The van der Waals surface area contributed by atoms with Crippen LogP contribution in [0, 0.1) is 0 Å². The van der Waals surface area contributed by atoms with E-state index in [1.807, 2.05) is 13.1 Å². The van der Waals surface area contributed by atoms with E-state index in [9.17, 15) is 15.0 Å². The molecule has 5 heteroatoms. The smallest absolute Gasteiger partial charge is 0.196 e. The molecule has 0 saturated carbocycles. The fourth-order valence-corrected chi connectivity index (χ4v) is 5.13. The number of hydrogen-bond acceptors (Lipinski definition) is 5. The number of benzene rings is 1. The van der Waals surface area contributed by atoms with E-state index in [2.05, 4.69) is 4.90 Å². The molecule has 4 aliphatic rings. The minimum Gasteiger partial charge on any atom is -0.504 e. The van der Waals surface area contributed by atoms with E-state index in [1.165, 1.54) is 6.08 Å². The first kappa shape index (κ1) is 12.7. The number of aliphatic hydroxyl groups is 1. The van der Waals surface area contributed by atoms with Gasteiger partial charge in [0.25, 0.3) is 0 Å². The van der Waals surface area contributed by atoms with Gasteiger partial charge < -0.3 is 14.9 Å². The highest BCUT2D eigenvalue weighted by molar-refractivity contribution is 5.99. The Morgan fingerprint density at radius 3 is 3.05 bits per heavy atom. The first-order valence-electron chi connectivity index (χ1n) is 7.67. The molecule has 1 spiro atoms. The number of carbonyl (C=O) groups is 1. The molecule has 2 aliphatic carbocycles. The molecule has 0 amide bonds. The summed E-state index contributed by atoms with van der Waals surface area (Å²) in [5.41, 5.74) is 0.0177. The average molecular weight is 299 g/mol. The molecule has 5 rings (SSSR count). The topological polar surface area (TPSA) is 70.0 Å². The first-order valence-corrected chi connectivity index (χ1v) is 7.67. The largest absolute Gasteiger partial charge is 0.504 e. The SMILES string of the molecule is CN1CC[C@]23c4c5ccc(O)c4O[C@H]2C(=O)C=C[C@@]3(O)C1C5. The predicted octanol–water partition coefficient (Wildman–Crippen LogP) is 0.521. The Hall–Kier alpha value is -1.85. The molecular weight excluding hydrogens is 282 g/mol. The number of ether oxygens (including phenoxy) is 1. The molecule has 2 aliphatic heterocycles. The van der Waals surface area contributed by atoms with Crippen molar-refractivity contribution in [2.24, 2.45) is 0 Å². The molecule has 1 saturated heterocycles. The second-order valence-electron chi connectivity index (χ2n) is 6.93. The van der Waals surface area contributed by atoms with Gasteiger partial charge in [-0.1, -0.05) is 6.07 Å². The van der Waals surface area contributed by atoms with Gasteiger partial charge in [-0.15, -0.1) is 0 Å². The van der Waals surface area contributed by atoms with Gasteiger partial charge in [0.05, 0.1) is 5.41 Å². The van der Waals surface area contributed by atoms with Gasteiger partial charge in [-0.05, 0) is 50.2 Å². The number of likely N-dealkylation sites (tertiary alicyclic amines) is 1. The number of carbonyl (C=O) groups excluding carboxylic acids is 1. The third kappa shape index (κ3) is 1.08. The average Bonchev–Trinajstić information content (AvgIpc) is 2.85. The van der Waals surface area contributed by atoms with Crippen molar-refractivity contribution in [1.82, 2.24) is 4.90 Å². The van der Waals surface area contributed by atoms with Crippen molar-refractivity contribution in [3.05, 3.63) is 35.4 Å². The van der Waals surface area contributed by atoms with Gasteiger partial charge in [-0.25, -0.2) is 0 Å². The summed E-state index contributed by atoms with van der Waals surface area (Å²) < 4.78 is 5.89. The van der Waals surface area contributed by atoms with Crippen LogP contribution < -0.4 is 4.74 Å². The van der Waals surface area contributed by atoms with Crippen molar-refractivity contribution < 1.29 is 19.7 Å². The van der Waals surface area contributed by atoms with Crippen molar-refractivity contribution in [3.63, 3.8) is 0 Å². The summed E-state index contributed by atoms with van der Waals surface area (Å²) in [6.45, 7) is 0.794. The van der Waals surface area contributed by atoms with Crippen LogP contribution >= 0.6 is 0 Å². The number of nitrogens with zero attached hydrogens (tertiary/aromatic N) is 1. The van der Waals surface area contributed by atoms with E-state index in [-0.39, 0.29) is 17.6 Å². The molecule has 5 nitrogen and oxygen atoms in total. The maximum atomic E-state index is 12.4. The summed E-state index contributed by atoms with van der Waals surface area (Å²) in [6.07, 6.45) is 3.70. The third-order valence-corrected chi connectivity index (χ3v) is 6.14. The van der Waals surface area contributed by atoms with Gasteiger partial charge >= 0.3 is 0 Å². The number of aromatic hydroxyl groups is 1. The predicted molar refractivity (Wildman–Crippen MR) is 78.0 cm³/mol. The Balaban J connectivity index is 1.91. The zero-order valence-corrected chi connectivity index (χ0v) is 12.2. The van der Waals surface area contributed by atoms with Crippen LogP contribution in [-0.2, 0) is 16.6 Å². The van der Waals surface area contributed by atoms with Crippen molar-refractivity contribution in [3.8, 4) is 11.5 Å². The standard InChI is InChI=1S/C17H17NO4/c1-18-7-6-16-13-9-2-3-10(19)14(13)22-15(16)11(20)4-5-17(16,21)12(18)8-9/h2-5,12,15,19,21H,6-8H2,1H3/t12?,15-,16-,17+/m0/s1. The summed E-state index contributed by atoms with van der Waals surface area (Å²) in [5.74, 6) is 0.312. The maximum Gasteiger partial charge on any atom is 0.196 e. The summed E-state index contributed by atoms with van der Waals surface area (Å²) in [5, 5.41) is 21.7. The van der Waals surface area contributed by atoms with Crippen LogP contribution in [0.15, 0.2) is 24.3 Å². The van der Waals surface area contributed by atoms with Crippen LogP contribution in [0.5, 0.6) is 11.5 Å². The van der Waals surface area contributed by atoms with Gasteiger partial charge in [-0.2, -0.15) is 0 Å². The summed E-state index contributed by atoms with van der Waals surface area (Å²) in [4.78, 5) is 14.6. The van der Waals surface area contributed by atoms with Crippen molar-refractivity contribution in [2.45, 2.75) is 36.0 Å². The van der Waals surface area contributed by atoms with Crippen molar-refractivity contribution >= 4 is 5.78 Å². The lowest BCUT2D eigenvalue weighted by Gasteiger charge is -2.60. The minimum absolute atomic E-state index is 0.0510. The lowest BCUT2D eigenvalue weighted by molar-refractivity contribution is -0.151. The highest BCUT2D eigenvalue weighted by Gasteiger charge is 2.71. The fourth-order valence-electron chi connectivity index (χ4n) is 5.13. The molecule has 0 aromatic heterocycles. The van der Waals surface area contributed by atoms with Gasteiger partial charge in [0.2, 0.25) is 0 Å². The second-order valence-corrected chi connectivity index (χ2v) is 6.93. The number of rotatable bonds is 0. The molecule has 1 aromatic rings. The minimum atomic E-state index is -1.13. The molecule has 2 N–H and O–H groups in total. The van der Waals surface area contributed by atoms with Crippen LogP contribution in [0.3, 0.4) is 0 Å². The lowest BCUT2D eigenvalue weighted by Crippen LogP contribution is -2.74. The molecule has 2 heterocycles. The van der Waals surface area contributed by atoms with Gasteiger partial charge in [-0.3, -0.25) is 9.69 Å². The number of ketones is 1. The van der Waals surface area contributed by atoms with Crippen molar-refractivity contribution in [1.29, 1.82) is 0 Å². The van der Waals surface area contributed by atoms with Crippen LogP contribution in [-0.4, -0.2) is 52.2 Å². The summed E-state index contributed by atoms with van der Waals surface area (Å²) >= 11 is 0. The molecule has 22 heavy (non-hydrogen) atoms. The van der Waals surface area contributed by atoms with E-state index in [0.717, 1.165) is 17.7 Å². The van der Waals surface area contributed by atoms with Crippen LogP contribution in [0.1, 0.15) is 17.5 Å². The van der Waals surface area contributed by atoms with Gasteiger partial charge in [0, 0.05) is 11.6 Å². The zero-order chi connectivity index (χ0) is 15.3. The molecular formula is C17H17NO4. The fraction of sp³-hybridized carbons (Fsp3) is 0.471. The van der Waals surface area contributed by atoms with Crippen molar-refractivity contribution in [2.75, 3.05) is 13.6 Å². The van der Waals surface area contributed by atoms with Crippen LogP contribution in [0.2, 0.25) is 0 Å². The molecule has 1 aromatic carbocycles. The van der Waals surface area contributed by atoms with Gasteiger partial charge in [0.1, 0.15) is 5.60 Å². The normalized spacial score (nSPS) is 41.3. The number of piperidine rings is 1. The van der Waals surface area contributed by atoms with E-state index in [4.69, 9.17) is 4.74 Å². The van der Waals surface area contributed by atoms with Gasteiger partial charge in [0.15, 0.2) is 23.4 Å². The number of hydrogen-bond donors (Lipinski definition) is 2. The van der Waals surface area contributed by atoms with E-state index < -0.39 is 17.1 Å². The Morgan fingerprint density at radius 2 is 2.23 bits per heavy atom. The summed E-state index contributed by atoms with van der Waals surface area (Å²) in [6, 6.07) is 3.44. The Kier molecular flexibility index (Phi) is 2.04. The first-order chi connectivity index (χ1) is 10.5. The monoisotopic (exact) mass is 299 g/mol. The highest BCUT2D eigenvalue weighted by Crippen LogP contribution is 2.63.